The minimum absolute atomic E-state index is 0.199. The molecule has 3 nitrogen and oxygen atoms in total. The molecule has 0 aliphatic carbocycles. The van der Waals surface area contributed by atoms with Gasteiger partial charge in [0.1, 0.15) is 5.82 Å². The molecule has 2 saturated heterocycles. The van der Waals surface area contributed by atoms with Crippen LogP contribution in [0.15, 0.2) is 18.2 Å². The van der Waals surface area contributed by atoms with Crippen LogP contribution in [0.2, 0.25) is 5.02 Å². The quantitative estimate of drug-likeness (QED) is 0.904. The van der Waals surface area contributed by atoms with Gasteiger partial charge in [-0.25, -0.2) is 4.39 Å². The third-order valence-corrected chi connectivity index (χ3v) is 4.71. The highest BCUT2D eigenvalue weighted by Gasteiger charge is 2.25. The summed E-state index contributed by atoms with van der Waals surface area (Å²) >= 11 is 5.74. The number of halogens is 2. The van der Waals surface area contributed by atoms with Crippen molar-refractivity contribution < 1.29 is 4.39 Å². The normalized spacial score (nSPS) is 22.2. The molecular weight excluding hydrogens is 277 g/mol. The van der Waals surface area contributed by atoms with Crippen molar-refractivity contribution in [2.24, 2.45) is 0 Å². The van der Waals surface area contributed by atoms with Crippen LogP contribution >= 0.6 is 11.6 Å². The lowest BCUT2D eigenvalue weighted by Crippen LogP contribution is -2.52. The van der Waals surface area contributed by atoms with Crippen LogP contribution in [0, 0.1) is 5.82 Å². The topological polar surface area (TPSA) is 18.5 Å². The summed E-state index contributed by atoms with van der Waals surface area (Å²) in [5, 5.41) is 3.59. The van der Waals surface area contributed by atoms with E-state index >= 15 is 0 Å². The van der Waals surface area contributed by atoms with Gasteiger partial charge in [0, 0.05) is 51.0 Å². The molecule has 1 aromatic rings. The molecule has 0 spiro atoms. The van der Waals surface area contributed by atoms with E-state index in [1.807, 2.05) is 6.07 Å². The van der Waals surface area contributed by atoms with Crippen molar-refractivity contribution in [3.05, 3.63) is 29.0 Å². The van der Waals surface area contributed by atoms with Gasteiger partial charge in [0.05, 0.1) is 5.02 Å². The van der Waals surface area contributed by atoms with E-state index in [1.165, 1.54) is 0 Å². The van der Waals surface area contributed by atoms with Gasteiger partial charge in [-0.15, -0.1) is 0 Å². The lowest BCUT2D eigenvalue weighted by atomic mass is 10.0. The van der Waals surface area contributed by atoms with Gasteiger partial charge in [-0.1, -0.05) is 11.6 Å². The first-order chi connectivity index (χ1) is 9.74. The Bertz CT molecular complexity index is 454. The average molecular weight is 298 g/mol. The fourth-order valence-corrected chi connectivity index (χ4v) is 3.34. The number of hydrogen-bond acceptors (Lipinski definition) is 3. The van der Waals surface area contributed by atoms with Crippen molar-refractivity contribution in [3.8, 4) is 0 Å². The Morgan fingerprint density at radius 2 is 1.80 bits per heavy atom. The van der Waals surface area contributed by atoms with Gasteiger partial charge in [-0.3, -0.25) is 4.90 Å². The van der Waals surface area contributed by atoms with Crippen LogP contribution in [0.1, 0.15) is 12.8 Å². The van der Waals surface area contributed by atoms with E-state index in [9.17, 15) is 4.39 Å². The van der Waals surface area contributed by atoms with Crippen molar-refractivity contribution in [3.63, 3.8) is 0 Å². The molecule has 0 bridgehead atoms. The minimum atomic E-state index is -0.326. The number of piperidine rings is 1. The summed E-state index contributed by atoms with van der Waals surface area (Å²) < 4.78 is 13.5. The van der Waals surface area contributed by atoms with Gasteiger partial charge in [0.2, 0.25) is 0 Å². The predicted octanol–water partition coefficient (Wildman–Crippen LogP) is 2.35. The maximum absolute atomic E-state index is 13.5. The van der Waals surface area contributed by atoms with Crippen molar-refractivity contribution in [2.75, 3.05) is 44.2 Å². The molecule has 0 unspecified atom stereocenters. The highest BCUT2D eigenvalue weighted by atomic mass is 35.5. The van der Waals surface area contributed by atoms with Crippen molar-refractivity contribution in [1.82, 2.24) is 10.2 Å². The van der Waals surface area contributed by atoms with Gasteiger partial charge in [0.25, 0.3) is 0 Å². The van der Waals surface area contributed by atoms with Crippen LogP contribution in [0.4, 0.5) is 10.1 Å². The molecular formula is C15H21ClFN3. The standard InChI is InChI=1S/C15H21ClFN3/c16-14-2-1-13(11-15(14)17)19-7-3-12(4-8-19)20-9-5-18-6-10-20/h1-2,11-12,18H,3-10H2. The largest absolute Gasteiger partial charge is 0.371 e. The number of rotatable bonds is 2. The molecule has 0 atom stereocenters. The first-order valence-corrected chi connectivity index (χ1v) is 7.76. The summed E-state index contributed by atoms with van der Waals surface area (Å²) in [7, 11) is 0. The molecule has 2 aliphatic rings. The van der Waals surface area contributed by atoms with Crippen molar-refractivity contribution in [1.29, 1.82) is 0 Å². The van der Waals surface area contributed by atoms with Gasteiger partial charge in [-0.2, -0.15) is 0 Å². The number of anilines is 1. The first-order valence-electron chi connectivity index (χ1n) is 7.39. The lowest BCUT2D eigenvalue weighted by Gasteiger charge is -2.41. The second-order valence-electron chi connectivity index (χ2n) is 5.60. The zero-order valence-electron chi connectivity index (χ0n) is 11.6. The Balaban J connectivity index is 1.58. The maximum Gasteiger partial charge on any atom is 0.143 e. The van der Waals surface area contributed by atoms with E-state index in [0.717, 1.165) is 57.8 Å². The molecule has 1 aromatic carbocycles. The number of benzene rings is 1. The molecule has 1 N–H and O–H groups in total. The van der Waals surface area contributed by atoms with E-state index in [4.69, 9.17) is 11.6 Å². The lowest BCUT2D eigenvalue weighted by molar-refractivity contribution is 0.150. The SMILES string of the molecule is Fc1cc(N2CCC(N3CCNCC3)CC2)ccc1Cl. The first kappa shape index (κ1) is 14.1. The van der Waals surface area contributed by atoms with Crippen LogP contribution in [0.5, 0.6) is 0 Å². The van der Waals surface area contributed by atoms with Crippen LogP contribution in [0.3, 0.4) is 0 Å². The second-order valence-corrected chi connectivity index (χ2v) is 6.01. The smallest absolute Gasteiger partial charge is 0.143 e. The molecule has 2 fully saturated rings. The average Bonchev–Trinajstić information content (AvgIpc) is 2.51. The van der Waals surface area contributed by atoms with E-state index < -0.39 is 0 Å². The molecule has 110 valence electrons. The van der Waals surface area contributed by atoms with Gasteiger partial charge in [-0.05, 0) is 31.0 Å². The fourth-order valence-electron chi connectivity index (χ4n) is 3.22. The molecule has 3 rings (SSSR count). The summed E-state index contributed by atoms with van der Waals surface area (Å²) in [6, 6.07) is 5.80. The molecule has 0 radical (unpaired) electrons. The van der Waals surface area contributed by atoms with Gasteiger partial charge < -0.3 is 10.2 Å². The Morgan fingerprint density at radius 1 is 1.10 bits per heavy atom. The highest BCUT2D eigenvalue weighted by Crippen LogP contribution is 2.26. The minimum Gasteiger partial charge on any atom is -0.371 e. The third kappa shape index (κ3) is 3.08. The van der Waals surface area contributed by atoms with E-state index in [2.05, 4.69) is 15.1 Å². The van der Waals surface area contributed by atoms with E-state index in [0.29, 0.717) is 6.04 Å². The highest BCUT2D eigenvalue weighted by molar-refractivity contribution is 6.30. The Labute approximate surface area is 124 Å². The molecule has 2 aliphatic heterocycles. The van der Waals surface area contributed by atoms with Gasteiger partial charge >= 0.3 is 0 Å². The number of nitrogens with one attached hydrogen (secondary N) is 1. The van der Waals surface area contributed by atoms with Crippen LogP contribution in [-0.2, 0) is 0 Å². The summed E-state index contributed by atoms with van der Waals surface area (Å²) in [6.07, 6.45) is 2.31. The Kier molecular flexibility index (Phi) is 4.44. The summed E-state index contributed by atoms with van der Waals surface area (Å²) in [6.45, 7) is 6.50. The van der Waals surface area contributed by atoms with Crippen molar-refractivity contribution in [2.45, 2.75) is 18.9 Å². The second kappa shape index (κ2) is 6.29. The maximum atomic E-state index is 13.5. The zero-order valence-corrected chi connectivity index (χ0v) is 12.4. The van der Waals surface area contributed by atoms with E-state index in [-0.39, 0.29) is 10.8 Å². The molecule has 2 heterocycles. The van der Waals surface area contributed by atoms with Crippen LogP contribution in [-0.4, -0.2) is 50.2 Å². The Hall–Kier alpha value is -0.840. The third-order valence-electron chi connectivity index (χ3n) is 4.40. The number of nitrogens with zero attached hydrogens (tertiary/aromatic N) is 2. The molecule has 0 saturated carbocycles. The van der Waals surface area contributed by atoms with Crippen LogP contribution < -0.4 is 10.2 Å². The zero-order chi connectivity index (χ0) is 13.9. The fraction of sp³-hybridized carbons (Fsp3) is 0.600. The van der Waals surface area contributed by atoms with Gasteiger partial charge in [0.15, 0.2) is 0 Å². The summed E-state index contributed by atoms with van der Waals surface area (Å²) in [5.74, 6) is -0.326. The van der Waals surface area contributed by atoms with Crippen LogP contribution in [0.25, 0.3) is 0 Å². The molecule has 5 heteroatoms. The molecule has 0 aromatic heterocycles. The van der Waals surface area contributed by atoms with E-state index in [1.54, 1.807) is 12.1 Å². The number of piperazine rings is 1. The number of hydrogen-bond donors (Lipinski definition) is 1. The predicted molar refractivity (Wildman–Crippen MR) is 81.1 cm³/mol. The molecule has 20 heavy (non-hydrogen) atoms. The monoisotopic (exact) mass is 297 g/mol. The van der Waals surface area contributed by atoms with Crippen molar-refractivity contribution >= 4 is 17.3 Å². The summed E-state index contributed by atoms with van der Waals surface area (Å²) in [4.78, 5) is 4.86. The summed E-state index contributed by atoms with van der Waals surface area (Å²) in [5.41, 5.74) is 0.950. The molecule has 0 amide bonds. The Morgan fingerprint density at radius 3 is 2.45 bits per heavy atom.